The minimum atomic E-state index is -1.67. The van der Waals surface area contributed by atoms with Gasteiger partial charge >= 0.3 is 0 Å². The van der Waals surface area contributed by atoms with Gasteiger partial charge in [0.1, 0.15) is 17.4 Å². The van der Waals surface area contributed by atoms with Crippen molar-refractivity contribution in [1.82, 2.24) is 9.99 Å². The van der Waals surface area contributed by atoms with Gasteiger partial charge in [-0.3, -0.25) is 15.6 Å². The SMILES string of the molecule is COc1ccc(-n2c(C)cc(/C=C(/C#N)C(=O)NNc3ccc(F)c(F)c3F)c2C)cc1. The lowest BCUT2D eigenvalue weighted by molar-refractivity contribution is -0.116. The average Bonchev–Trinajstić information content (AvgIpc) is 3.07. The highest BCUT2D eigenvalue weighted by Crippen LogP contribution is 2.24. The van der Waals surface area contributed by atoms with E-state index in [4.69, 9.17) is 4.74 Å². The zero-order valence-corrected chi connectivity index (χ0v) is 17.5. The Labute approximate surface area is 182 Å². The number of aryl methyl sites for hydroxylation is 1. The van der Waals surface area contributed by atoms with E-state index in [1.165, 1.54) is 6.08 Å². The molecular weight excluding hydrogens is 421 g/mol. The molecule has 3 rings (SSSR count). The molecule has 6 nitrogen and oxygen atoms in total. The second kappa shape index (κ2) is 9.31. The summed E-state index contributed by atoms with van der Waals surface area (Å²) in [6, 6.07) is 12.6. The molecule has 0 spiro atoms. The summed E-state index contributed by atoms with van der Waals surface area (Å²) < 4.78 is 47.2. The van der Waals surface area contributed by atoms with Crippen LogP contribution in [0.1, 0.15) is 17.0 Å². The van der Waals surface area contributed by atoms with Gasteiger partial charge in [-0.25, -0.2) is 13.2 Å². The number of nitrogens with one attached hydrogen (secondary N) is 2. The molecule has 0 saturated heterocycles. The predicted molar refractivity (Wildman–Crippen MR) is 113 cm³/mol. The second-order valence-corrected chi connectivity index (χ2v) is 6.83. The number of amides is 1. The van der Waals surface area contributed by atoms with Crippen molar-refractivity contribution in [2.75, 3.05) is 12.5 Å². The molecule has 0 bridgehead atoms. The maximum absolute atomic E-state index is 13.7. The van der Waals surface area contributed by atoms with Crippen LogP contribution in [-0.2, 0) is 4.79 Å². The van der Waals surface area contributed by atoms with Crippen LogP contribution in [0.15, 0.2) is 48.0 Å². The normalized spacial score (nSPS) is 11.1. The Balaban J connectivity index is 1.84. The average molecular weight is 440 g/mol. The topological polar surface area (TPSA) is 79.1 Å². The molecule has 0 aliphatic heterocycles. The number of hydrogen-bond acceptors (Lipinski definition) is 4. The van der Waals surface area contributed by atoms with Crippen LogP contribution in [0.5, 0.6) is 5.75 Å². The lowest BCUT2D eigenvalue weighted by Crippen LogP contribution is -2.31. The Morgan fingerprint density at radius 1 is 1.09 bits per heavy atom. The number of ether oxygens (including phenoxy) is 1. The van der Waals surface area contributed by atoms with Crippen LogP contribution in [0.3, 0.4) is 0 Å². The highest BCUT2D eigenvalue weighted by atomic mass is 19.2. The van der Waals surface area contributed by atoms with Crippen molar-refractivity contribution in [2.24, 2.45) is 0 Å². The fourth-order valence-corrected chi connectivity index (χ4v) is 3.18. The van der Waals surface area contributed by atoms with E-state index in [0.29, 0.717) is 17.4 Å². The quantitative estimate of drug-likeness (QED) is 0.255. The van der Waals surface area contributed by atoms with Crippen molar-refractivity contribution in [2.45, 2.75) is 13.8 Å². The van der Waals surface area contributed by atoms with Gasteiger partial charge in [-0.05, 0) is 68.0 Å². The van der Waals surface area contributed by atoms with Crippen LogP contribution in [0, 0.1) is 42.6 Å². The maximum Gasteiger partial charge on any atom is 0.280 e. The third-order valence-electron chi connectivity index (χ3n) is 4.81. The molecule has 2 N–H and O–H groups in total. The van der Waals surface area contributed by atoms with Gasteiger partial charge in [-0.15, -0.1) is 0 Å². The lowest BCUT2D eigenvalue weighted by Gasteiger charge is -2.11. The van der Waals surface area contributed by atoms with Crippen LogP contribution in [-0.4, -0.2) is 17.6 Å². The summed E-state index contributed by atoms with van der Waals surface area (Å²) in [5.41, 5.74) is 6.69. The van der Waals surface area contributed by atoms with Gasteiger partial charge in [-0.1, -0.05) is 0 Å². The smallest absolute Gasteiger partial charge is 0.280 e. The summed E-state index contributed by atoms with van der Waals surface area (Å²) in [5, 5.41) is 9.42. The van der Waals surface area contributed by atoms with Gasteiger partial charge in [-0.2, -0.15) is 5.26 Å². The van der Waals surface area contributed by atoms with Crippen LogP contribution in [0.25, 0.3) is 11.8 Å². The van der Waals surface area contributed by atoms with Gasteiger partial charge < -0.3 is 9.30 Å². The third-order valence-corrected chi connectivity index (χ3v) is 4.81. The van der Waals surface area contributed by atoms with E-state index >= 15 is 0 Å². The van der Waals surface area contributed by atoms with Crippen molar-refractivity contribution in [1.29, 1.82) is 5.26 Å². The Hall–Kier alpha value is -4.19. The molecule has 164 valence electrons. The molecule has 0 fully saturated rings. The number of carbonyl (C=O) groups excluding carboxylic acids is 1. The molecule has 1 heterocycles. The van der Waals surface area contributed by atoms with Crippen molar-refractivity contribution in [3.05, 3.63) is 82.4 Å². The zero-order valence-electron chi connectivity index (χ0n) is 17.5. The minimum Gasteiger partial charge on any atom is -0.497 e. The minimum absolute atomic E-state index is 0.268. The number of nitriles is 1. The highest BCUT2D eigenvalue weighted by Gasteiger charge is 2.16. The molecular formula is C23H19F3N4O2. The zero-order chi connectivity index (χ0) is 23.4. The maximum atomic E-state index is 13.7. The molecule has 2 aromatic carbocycles. The highest BCUT2D eigenvalue weighted by molar-refractivity contribution is 6.02. The van der Waals surface area contributed by atoms with E-state index in [1.54, 1.807) is 13.2 Å². The van der Waals surface area contributed by atoms with Gasteiger partial charge in [0.2, 0.25) is 0 Å². The summed E-state index contributed by atoms with van der Waals surface area (Å²) in [7, 11) is 1.58. The molecule has 32 heavy (non-hydrogen) atoms. The van der Waals surface area contributed by atoms with Crippen LogP contribution in [0.4, 0.5) is 18.9 Å². The van der Waals surface area contributed by atoms with E-state index in [1.807, 2.05) is 48.7 Å². The molecule has 0 atom stereocenters. The first-order valence-corrected chi connectivity index (χ1v) is 9.41. The monoisotopic (exact) mass is 440 g/mol. The number of benzene rings is 2. The molecule has 1 aromatic heterocycles. The molecule has 0 aliphatic carbocycles. The fourth-order valence-electron chi connectivity index (χ4n) is 3.18. The molecule has 0 aliphatic rings. The summed E-state index contributed by atoms with van der Waals surface area (Å²) in [6.45, 7) is 3.72. The van der Waals surface area contributed by atoms with Gasteiger partial charge in [0.25, 0.3) is 5.91 Å². The molecule has 9 heteroatoms. The Bertz CT molecular complexity index is 1240. The standard InChI is InChI=1S/C23H19F3N4O2/c1-13-10-15(14(2)30(13)17-4-6-18(32-3)7-5-17)11-16(12-27)23(31)29-28-20-9-8-19(24)21(25)22(20)26/h4-11,28H,1-3H3,(H,29,31)/b16-11-. The second-order valence-electron chi connectivity index (χ2n) is 6.83. The number of nitrogens with zero attached hydrogens (tertiary/aromatic N) is 2. The van der Waals surface area contributed by atoms with Gasteiger partial charge in [0.05, 0.1) is 12.8 Å². The Kier molecular flexibility index (Phi) is 6.54. The number of hydrazine groups is 1. The number of rotatable bonds is 6. The molecule has 1 amide bonds. The van der Waals surface area contributed by atoms with Gasteiger partial charge in [0.15, 0.2) is 17.5 Å². The van der Waals surface area contributed by atoms with Crippen molar-refractivity contribution >= 4 is 17.7 Å². The fraction of sp³-hybridized carbons (Fsp3) is 0.130. The molecule has 0 saturated carbocycles. The number of aromatic nitrogens is 1. The number of hydrogen-bond donors (Lipinski definition) is 2. The van der Waals surface area contributed by atoms with Crippen LogP contribution >= 0.6 is 0 Å². The third kappa shape index (κ3) is 4.44. The van der Waals surface area contributed by atoms with Gasteiger partial charge in [0, 0.05) is 17.1 Å². The summed E-state index contributed by atoms with van der Waals surface area (Å²) in [6.07, 6.45) is 1.39. The predicted octanol–water partition coefficient (Wildman–Crippen LogP) is 4.57. The van der Waals surface area contributed by atoms with Crippen LogP contribution < -0.4 is 15.6 Å². The van der Waals surface area contributed by atoms with Crippen molar-refractivity contribution < 1.29 is 22.7 Å². The molecule has 3 aromatic rings. The van der Waals surface area contributed by atoms with Crippen molar-refractivity contribution in [3.8, 4) is 17.5 Å². The summed E-state index contributed by atoms with van der Waals surface area (Å²) in [4.78, 5) is 12.4. The Morgan fingerprint density at radius 2 is 1.78 bits per heavy atom. The molecule has 0 radical (unpaired) electrons. The first-order valence-electron chi connectivity index (χ1n) is 9.41. The summed E-state index contributed by atoms with van der Waals surface area (Å²) >= 11 is 0. The number of halogens is 3. The number of anilines is 1. The van der Waals surface area contributed by atoms with E-state index in [2.05, 4.69) is 10.9 Å². The van der Waals surface area contributed by atoms with E-state index < -0.39 is 29.0 Å². The first kappa shape index (κ1) is 22.5. The number of carbonyl (C=O) groups is 1. The largest absolute Gasteiger partial charge is 0.497 e. The van der Waals surface area contributed by atoms with E-state index in [0.717, 1.165) is 23.1 Å². The van der Waals surface area contributed by atoms with E-state index in [9.17, 15) is 23.2 Å². The summed E-state index contributed by atoms with van der Waals surface area (Å²) in [5.74, 6) is -4.68. The van der Waals surface area contributed by atoms with Crippen LogP contribution in [0.2, 0.25) is 0 Å². The van der Waals surface area contributed by atoms with Crippen molar-refractivity contribution in [3.63, 3.8) is 0 Å². The molecule has 0 unspecified atom stereocenters. The lowest BCUT2D eigenvalue weighted by atomic mass is 10.1. The number of methoxy groups -OCH3 is 1. The van der Waals surface area contributed by atoms with E-state index in [-0.39, 0.29) is 5.57 Å². The Morgan fingerprint density at radius 3 is 2.41 bits per heavy atom. The first-order chi connectivity index (χ1) is 15.3.